The smallest absolute Gasteiger partial charge is 0.348 e. The largest absolute Gasteiger partial charge is 0.486 e. The van der Waals surface area contributed by atoms with Gasteiger partial charge in [0.25, 0.3) is 5.91 Å². The quantitative estimate of drug-likeness (QED) is 0.146. The number of halogens is 1. The van der Waals surface area contributed by atoms with E-state index in [4.69, 9.17) is 21.1 Å². The first-order valence-electron chi connectivity index (χ1n) is 12.7. The highest BCUT2D eigenvalue weighted by Crippen LogP contribution is 2.34. The van der Waals surface area contributed by atoms with Crippen molar-refractivity contribution < 1.29 is 23.9 Å². The van der Waals surface area contributed by atoms with Crippen molar-refractivity contribution in [2.24, 2.45) is 0 Å². The molecule has 2 aromatic carbocycles. The second kappa shape index (κ2) is 14.2. The Balaban J connectivity index is 1.46. The Bertz CT molecular complexity index is 1520. The van der Waals surface area contributed by atoms with Gasteiger partial charge in [0.1, 0.15) is 22.2 Å². The first-order chi connectivity index (χ1) is 19.8. The number of thiophene rings is 1. The second-order valence-electron chi connectivity index (χ2n) is 8.52. The molecule has 0 radical (unpaired) electrons. The van der Waals surface area contributed by atoms with Crippen LogP contribution in [0, 0.1) is 6.92 Å². The van der Waals surface area contributed by atoms with Crippen molar-refractivity contribution in [3.05, 3.63) is 81.4 Å². The standard InChI is InChI=1S/C28H28ClN5O5S2/c1-4-34-21(15-39-20-13-11-18(29)12-14-20)32-33-28(34)40-16-22(35)31-26-23(17(3)24(41-26)27(37)38-5-2)25(36)30-19-9-7-6-8-10-19/h6-14H,4-5,15-16H2,1-3H3,(H,30,36)(H,31,35). The summed E-state index contributed by atoms with van der Waals surface area (Å²) in [5, 5.41) is 15.5. The Kier molecular flexibility index (Phi) is 10.4. The minimum absolute atomic E-state index is 0.00159. The molecule has 0 fully saturated rings. The summed E-state index contributed by atoms with van der Waals surface area (Å²) in [4.78, 5) is 39.0. The molecule has 13 heteroatoms. The maximum Gasteiger partial charge on any atom is 0.348 e. The van der Waals surface area contributed by atoms with Crippen molar-refractivity contribution in [3.8, 4) is 5.75 Å². The van der Waals surface area contributed by atoms with E-state index in [0.717, 1.165) is 11.3 Å². The summed E-state index contributed by atoms with van der Waals surface area (Å²) in [5.74, 6) is -0.110. The number of para-hydroxylation sites is 1. The van der Waals surface area contributed by atoms with Crippen LogP contribution in [0.5, 0.6) is 5.75 Å². The molecule has 10 nitrogen and oxygen atoms in total. The molecule has 0 saturated carbocycles. The van der Waals surface area contributed by atoms with Gasteiger partial charge in [0.15, 0.2) is 11.0 Å². The number of benzene rings is 2. The third kappa shape index (κ3) is 7.66. The fourth-order valence-corrected chi connectivity index (χ4v) is 5.86. The number of nitrogens with one attached hydrogen (secondary N) is 2. The van der Waals surface area contributed by atoms with Crippen LogP contribution in [0.15, 0.2) is 59.8 Å². The summed E-state index contributed by atoms with van der Waals surface area (Å²) >= 11 is 8.13. The van der Waals surface area contributed by atoms with Gasteiger partial charge in [-0.15, -0.1) is 21.5 Å². The predicted molar refractivity (Wildman–Crippen MR) is 160 cm³/mol. The third-order valence-electron chi connectivity index (χ3n) is 5.74. The van der Waals surface area contributed by atoms with Crippen LogP contribution in [-0.4, -0.2) is 44.9 Å². The minimum Gasteiger partial charge on any atom is -0.486 e. The van der Waals surface area contributed by atoms with Gasteiger partial charge in [-0.05, 0) is 62.7 Å². The summed E-state index contributed by atoms with van der Waals surface area (Å²) in [6.07, 6.45) is 0. The van der Waals surface area contributed by atoms with Crippen LogP contribution in [0.3, 0.4) is 0 Å². The molecule has 214 valence electrons. The third-order valence-corrected chi connectivity index (χ3v) is 8.15. The van der Waals surface area contributed by atoms with Gasteiger partial charge in [-0.3, -0.25) is 9.59 Å². The van der Waals surface area contributed by atoms with Gasteiger partial charge in [-0.1, -0.05) is 41.6 Å². The molecule has 4 aromatic rings. The lowest BCUT2D eigenvalue weighted by Crippen LogP contribution is -2.19. The number of carbonyl (C=O) groups is 3. The summed E-state index contributed by atoms with van der Waals surface area (Å²) < 4.78 is 12.8. The fourth-order valence-electron chi connectivity index (χ4n) is 3.80. The van der Waals surface area contributed by atoms with Crippen LogP contribution in [0.4, 0.5) is 10.7 Å². The Morgan fingerprint density at radius 1 is 1.02 bits per heavy atom. The lowest BCUT2D eigenvalue weighted by atomic mass is 10.1. The van der Waals surface area contributed by atoms with E-state index in [-0.39, 0.29) is 40.3 Å². The summed E-state index contributed by atoms with van der Waals surface area (Å²) in [7, 11) is 0. The van der Waals surface area contributed by atoms with Crippen molar-refractivity contribution in [2.75, 3.05) is 23.0 Å². The van der Waals surface area contributed by atoms with Crippen molar-refractivity contribution in [1.82, 2.24) is 14.8 Å². The number of aromatic nitrogens is 3. The summed E-state index contributed by atoms with van der Waals surface area (Å²) in [5.41, 5.74) is 1.22. The average molecular weight is 614 g/mol. The molecular formula is C28H28ClN5O5S2. The van der Waals surface area contributed by atoms with Crippen LogP contribution in [0.2, 0.25) is 5.02 Å². The summed E-state index contributed by atoms with van der Waals surface area (Å²) in [6.45, 7) is 6.26. The number of nitrogens with zero attached hydrogens (tertiary/aromatic N) is 3. The highest BCUT2D eigenvalue weighted by molar-refractivity contribution is 7.99. The Labute approximate surface area is 250 Å². The van der Waals surface area contributed by atoms with Crippen LogP contribution in [0.1, 0.15) is 45.3 Å². The second-order valence-corrected chi connectivity index (χ2v) is 10.9. The topological polar surface area (TPSA) is 124 Å². The first-order valence-corrected chi connectivity index (χ1v) is 14.9. The van der Waals surface area contributed by atoms with Crippen LogP contribution in [0.25, 0.3) is 0 Å². The van der Waals surface area contributed by atoms with Crippen molar-refractivity contribution in [3.63, 3.8) is 0 Å². The number of hydrogen-bond acceptors (Lipinski definition) is 9. The van der Waals surface area contributed by atoms with E-state index in [0.29, 0.717) is 39.5 Å². The molecule has 0 aliphatic carbocycles. The van der Waals surface area contributed by atoms with Gasteiger partial charge in [0.2, 0.25) is 5.91 Å². The number of hydrogen-bond donors (Lipinski definition) is 2. The number of amides is 2. The molecule has 0 atom stereocenters. The molecule has 0 saturated heterocycles. The fraction of sp³-hybridized carbons (Fsp3) is 0.250. The molecule has 0 aliphatic rings. The molecule has 0 unspecified atom stereocenters. The number of esters is 1. The van der Waals surface area contributed by atoms with Crippen LogP contribution in [-0.2, 0) is 22.7 Å². The molecule has 4 rings (SSSR count). The minimum atomic E-state index is -0.553. The highest BCUT2D eigenvalue weighted by atomic mass is 35.5. The van der Waals surface area contributed by atoms with E-state index in [9.17, 15) is 14.4 Å². The lowest BCUT2D eigenvalue weighted by Gasteiger charge is -2.10. The predicted octanol–water partition coefficient (Wildman–Crippen LogP) is 6.06. The van der Waals surface area contributed by atoms with Gasteiger partial charge < -0.3 is 24.7 Å². The molecular weight excluding hydrogens is 586 g/mol. The maximum atomic E-state index is 13.2. The van der Waals surface area contributed by atoms with E-state index >= 15 is 0 Å². The van der Waals surface area contributed by atoms with Gasteiger partial charge in [-0.2, -0.15) is 0 Å². The number of carbonyl (C=O) groups excluding carboxylic acids is 3. The molecule has 2 heterocycles. The molecule has 2 N–H and O–H groups in total. The van der Waals surface area contributed by atoms with Crippen LogP contribution >= 0.6 is 34.7 Å². The normalized spacial score (nSPS) is 10.7. The molecule has 2 aromatic heterocycles. The summed E-state index contributed by atoms with van der Waals surface area (Å²) in [6, 6.07) is 15.9. The Morgan fingerprint density at radius 3 is 2.44 bits per heavy atom. The average Bonchev–Trinajstić information content (AvgIpc) is 3.51. The number of rotatable bonds is 12. The van der Waals surface area contributed by atoms with E-state index in [1.165, 1.54) is 11.8 Å². The maximum absolute atomic E-state index is 13.2. The molecule has 41 heavy (non-hydrogen) atoms. The molecule has 0 spiro atoms. The lowest BCUT2D eigenvalue weighted by molar-refractivity contribution is -0.113. The number of ether oxygens (including phenoxy) is 2. The highest BCUT2D eigenvalue weighted by Gasteiger charge is 2.27. The number of thioether (sulfide) groups is 1. The molecule has 0 bridgehead atoms. The Morgan fingerprint density at radius 2 is 1.76 bits per heavy atom. The van der Waals surface area contributed by atoms with Gasteiger partial charge >= 0.3 is 5.97 Å². The zero-order valence-corrected chi connectivity index (χ0v) is 25.0. The molecule has 2 amide bonds. The van der Waals surface area contributed by atoms with Crippen molar-refractivity contribution in [2.45, 2.75) is 39.1 Å². The zero-order valence-electron chi connectivity index (χ0n) is 22.6. The van der Waals surface area contributed by atoms with E-state index in [2.05, 4.69) is 20.8 Å². The van der Waals surface area contributed by atoms with Crippen molar-refractivity contribution in [1.29, 1.82) is 0 Å². The van der Waals surface area contributed by atoms with Gasteiger partial charge in [0, 0.05) is 17.3 Å². The van der Waals surface area contributed by atoms with Gasteiger partial charge in [-0.25, -0.2) is 4.79 Å². The van der Waals surface area contributed by atoms with Crippen LogP contribution < -0.4 is 15.4 Å². The zero-order chi connectivity index (χ0) is 29.4. The monoisotopic (exact) mass is 613 g/mol. The van der Waals surface area contributed by atoms with E-state index < -0.39 is 11.9 Å². The van der Waals surface area contributed by atoms with E-state index in [1.54, 1.807) is 62.4 Å². The van der Waals surface area contributed by atoms with E-state index in [1.807, 2.05) is 17.6 Å². The molecule has 0 aliphatic heterocycles. The van der Waals surface area contributed by atoms with Gasteiger partial charge in [0.05, 0.1) is 17.9 Å². The van der Waals surface area contributed by atoms with Crippen molar-refractivity contribution >= 4 is 63.2 Å². The number of anilines is 2. The first kappa shape index (κ1) is 30.1. The Hall–Kier alpha value is -3.87. The SMILES string of the molecule is CCOC(=O)c1sc(NC(=O)CSc2nnc(COc3ccc(Cl)cc3)n2CC)c(C(=O)Nc2ccccc2)c1C.